The Morgan fingerprint density at radius 2 is 1.75 bits per heavy atom. The molecule has 5 nitrogen and oxygen atoms in total. The molecule has 3 aromatic carbocycles. The fourth-order valence-corrected chi connectivity index (χ4v) is 6.25. The van der Waals surface area contributed by atoms with Crippen molar-refractivity contribution in [2.24, 2.45) is 5.92 Å². The first kappa shape index (κ1) is 24.2. The summed E-state index contributed by atoms with van der Waals surface area (Å²) >= 11 is 1.58. The Balaban J connectivity index is 1.80. The number of aliphatic carboxylic acids is 1. The lowest BCUT2D eigenvalue weighted by Crippen LogP contribution is -2.17. The van der Waals surface area contributed by atoms with Gasteiger partial charge in [0.05, 0.1) is 20.6 Å². The molecule has 1 aromatic heterocycles. The fraction of sp³-hybridized carbons (Fsp3) is 0.172. The third kappa shape index (κ3) is 4.90. The van der Waals surface area contributed by atoms with Gasteiger partial charge in [0.1, 0.15) is 0 Å². The number of sulfone groups is 1. The highest BCUT2D eigenvalue weighted by molar-refractivity contribution is 7.90. The van der Waals surface area contributed by atoms with Gasteiger partial charge in [-0.2, -0.15) is 0 Å². The van der Waals surface area contributed by atoms with Crippen LogP contribution in [0.2, 0.25) is 0 Å². The number of carboxylic acid groups (broad SMARTS) is 1. The molecular weight excluding hydrogens is 490 g/mol. The largest absolute Gasteiger partial charge is 0.478 e. The van der Waals surface area contributed by atoms with Crippen LogP contribution in [0.1, 0.15) is 41.5 Å². The number of benzene rings is 3. The Morgan fingerprint density at radius 3 is 2.42 bits per heavy atom. The Kier molecular flexibility index (Phi) is 6.60. The molecule has 0 saturated heterocycles. The van der Waals surface area contributed by atoms with Crippen molar-refractivity contribution in [2.75, 3.05) is 6.26 Å². The van der Waals surface area contributed by atoms with E-state index in [0.717, 1.165) is 69.0 Å². The van der Waals surface area contributed by atoms with Crippen LogP contribution in [-0.2, 0) is 14.6 Å². The van der Waals surface area contributed by atoms with E-state index >= 15 is 0 Å². The Morgan fingerprint density at radius 1 is 1.03 bits per heavy atom. The van der Waals surface area contributed by atoms with Crippen LogP contribution in [0.15, 0.2) is 83.2 Å². The van der Waals surface area contributed by atoms with Crippen molar-refractivity contribution in [3.05, 3.63) is 101 Å². The van der Waals surface area contributed by atoms with Crippen LogP contribution in [0.5, 0.6) is 0 Å². The number of nitrogens with zero attached hydrogens (tertiary/aromatic N) is 1. The predicted octanol–water partition coefficient (Wildman–Crippen LogP) is 6.56. The van der Waals surface area contributed by atoms with Gasteiger partial charge < -0.3 is 5.11 Å². The lowest BCUT2D eigenvalue weighted by Gasteiger charge is -2.32. The summed E-state index contributed by atoms with van der Waals surface area (Å²) in [6.07, 6.45) is 7.03. The molecule has 0 atom stereocenters. The predicted molar refractivity (Wildman–Crippen MR) is 146 cm³/mol. The number of allylic oxidation sites excluding steroid dienone is 1. The second kappa shape index (κ2) is 9.84. The van der Waals surface area contributed by atoms with Crippen molar-refractivity contribution in [3.8, 4) is 0 Å². The summed E-state index contributed by atoms with van der Waals surface area (Å²) < 4.78 is 26.7. The molecule has 182 valence electrons. The summed E-state index contributed by atoms with van der Waals surface area (Å²) in [7, 11) is -3.45. The first-order chi connectivity index (χ1) is 17.3. The van der Waals surface area contributed by atoms with Crippen LogP contribution in [0, 0.1) is 5.92 Å². The second-order valence-electron chi connectivity index (χ2n) is 9.01. The molecule has 1 aliphatic carbocycles. The fourth-order valence-electron chi connectivity index (χ4n) is 4.69. The molecular formula is C29H25NO4S2. The minimum absolute atomic E-state index is 0.237. The van der Waals surface area contributed by atoms with Gasteiger partial charge in [-0.05, 0) is 76.4 Å². The first-order valence-electron chi connectivity index (χ1n) is 11.7. The molecule has 7 heteroatoms. The molecule has 1 N–H and O–H groups in total. The number of aromatic nitrogens is 1. The van der Waals surface area contributed by atoms with E-state index in [0.29, 0.717) is 4.90 Å². The normalized spacial score (nSPS) is 15.1. The molecule has 36 heavy (non-hydrogen) atoms. The Bertz CT molecular complexity index is 1610. The van der Waals surface area contributed by atoms with Gasteiger partial charge in [-0.1, -0.05) is 55.0 Å². The van der Waals surface area contributed by atoms with Gasteiger partial charge in [-0.15, -0.1) is 11.3 Å². The second-order valence-corrected chi connectivity index (χ2v) is 11.9. The van der Waals surface area contributed by atoms with Crippen LogP contribution >= 0.6 is 11.3 Å². The zero-order chi connectivity index (χ0) is 25.3. The van der Waals surface area contributed by atoms with Gasteiger partial charge in [0.15, 0.2) is 9.84 Å². The highest BCUT2D eigenvalue weighted by atomic mass is 32.2. The van der Waals surface area contributed by atoms with E-state index in [1.54, 1.807) is 29.5 Å². The third-order valence-corrected chi connectivity index (χ3v) is 8.56. The Labute approximate surface area is 214 Å². The molecule has 0 aliphatic heterocycles. The zero-order valence-corrected chi connectivity index (χ0v) is 21.4. The van der Waals surface area contributed by atoms with Crippen molar-refractivity contribution >= 4 is 54.6 Å². The molecule has 0 radical (unpaired) electrons. The van der Waals surface area contributed by atoms with Crippen LogP contribution in [-0.4, -0.2) is 30.7 Å². The molecule has 0 bridgehead atoms. The monoisotopic (exact) mass is 515 g/mol. The molecule has 1 fully saturated rings. The summed E-state index contributed by atoms with van der Waals surface area (Å²) in [6.45, 7) is 0. The number of hydrogen-bond acceptors (Lipinski definition) is 5. The maximum absolute atomic E-state index is 12.8. The van der Waals surface area contributed by atoms with Gasteiger partial charge >= 0.3 is 5.97 Å². The molecule has 1 aliphatic rings. The van der Waals surface area contributed by atoms with E-state index in [-0.39, 0.29) is 5.92 Å². The summed E-state index contributed by atoms with van der Waals surface area (Å²) in [5, 5.41) is 8.97. The smallest absolute Gasteiger partial charge is 0.328 e. The average molecular weight is 516 g/mol. The number of hydrogen-bond donors (Lipinski definition) is 1. The topological polar surface area (TPSA) is 84.3 Å². The van der Waals surface area contributed by atoms with E-state index < -0.39 is 15.8 Å². The molecule has 1 saturated carbocycles. The third-order valence-electron chi connectivity index (χ3n) is 6.60. The van der Waals surface area contributed by atoms with Crippen molar-refractivity contribution in [1.82, 2.24) is 4.98 Å². The van der Waals surface area contributed by atoms with Crippen molar-refractivity contribution < 1.29 is 18.3 Å². The lowest BCUT2D eigenvalue weighted by molar-refractivity contribution is -0.131. The first-order valence-corrected chi connectivity index (χ1v) is 14.5. The van der Waals surface area contributed by atoms with E-state index in [2.05, 4.69) is 23.2 Å². The van der Waals surface area contributed by atoms with Crippen LogP contribution in [0.4, 0.5) is 0 Å². The average Bonchev–Trinajstić information content (AvgIpc) is 3.29. The van der Waals surface area contributed by atoms with Crippen molar-refractivity contribution in [1.29, 1.82) is 0 Å². The summed E-state index contributed by atoms with van der Waals surface area (Å²) in [4.78, 5) is 15.8. The van der Waals surface area contributed by atoms with Crippen LogP contribution in [0.25, 0.3) is 27.4 Å². The standard InChI is InChI=1S/C29H25NO4S2/c1-36(33,34)26-8-3-2-7-23(26)29(20-5-4-6-20)28(22-14-15-25-24(17-22)30-18-35-25)21-12-9-19(10-13-21)11-16-27(31)32/h2-3,7-18,20H,4-6H2,1H3,(H,31,32)/b16-11+,29-28+. The lowest BCUT2D eigenvalue weighted by atomic mass is 9.73. The molecule has 0 amide bonds. The van der Waals surface area contributed by atoms with Crippen molar-refractivity contribution in [3.63, 3.8) is 0 Å². The van der Waals surface area contributed by atoms with Crippen molar-refractivity contribution in [2.45, 2.75) is 24.2 Å². The number of carbonyl (C=O) groups is 1. The van der Waals surface area contributed by atoms with E-state index in [1.165, 1.54) is 6.26 Å². The SMILES string of the molecule is CS(=O)(=O)c1ccccc1/C(=C(\c1ccc(/C=C/C(=O)O)cc1)c1ccc2scnc2c1)C1CCC1. The summed E-state index contributed by atoms with van der Waals surface area (Å²) in [5.74, 6) is -0.763. The van der Waals surface area contributed by atoms with Gasteiger partial charge in [0, 0.05) is 12.3 Å². The van der Waals surface area contributed by atoms with E-state index in [4.69, 9.17) is 5.11 Å². The molecule has 5 rings (SSSR count). The number of rotatable bonds is 7. The minimum atomic E-state index is -3.45. The van der Waals surface area contributed by atoms with Gasteiger partial charge in [-0.3, -0.25) is 0 Å². The quantitative estimate of drug-likeness (QED) is 0.223. The minimum Gasteiger partial charge on any atom is -0.478 e. The molecule has 1 heterocycles. The highest BCUT2D eigenvalue weighted by Crippen LogP contribution is 2.46. The number of thiazole rings is 1. The molecule has 4 aromatic rings. The van der Waals surface area contributed by atoms with E-state index in [9.17, 15) is 13.2 Å². The van der Waals surface area contributed by atoms with Crippen LogP contribution in [0.3, 0.4) is 0 Å². The molecule has 0 unspecified atom stereocenters. The maximum Gasteiger partial charge on any atom is 0.328 e. The van der Waals surface area contributed by atoms with E-state index in [1.807, 2.05) is 41.9 Å². The number of fused-ring (bicyclic) bond motifs is 1. The zero-order valence-electron chi connectivity index (χ0n) is 19.7. The summed E-state index contributed by atoms with van der Waals surface area (Å²) in [5.41, 5.74) is 8.19. The van der Waals surface area contributed by atoms with Gasteiger partial charge in [-0.25, -0.2) is 18.2 Å². The maximum atomic E-state index is 12.8. The molecule has 0 spiro atoms. The summed E-state index contributed by atoms with van der Waals surface area (Å²) in [6, 6.07) is 21.2. The van der Waals surface area contributed by atoms with Crippen LogP contribution < -0.4 is 0 Å². The number of carboxylic acids is 1. The van der Waals surface area contributed by atoms with Gasteiger partial charge in [0.25, 0.3) is 0 Å². The van der Waals surface area contributed by atoms with Gasteiger partial charge in [0.2, 0.25) is 0 Å². The Hall–Kier alpha value is -3.55. The highest BCUT2D eigenvalue weighted by Gasteiger charge is 2.30.